The van der Waals surface area contributed by atoms with Crippen molar-refractivity contribution in [3.05, 3.63) is 0 Å². The first-order valence-corrected chi connectivity index (χ1v) is 4.51. The molecule has 8 heavy (non-hydrogen) atoms. The van der Waals surface area contributed by atoms with Gasteiger partial charge in [-0.25, -0.2) is 8.42 Å². The monoisotopic (exact) mass is 156 g/mol. The molecule has 1 atom stereocenters. The molecule has 0 heterocycles. The highest BCUT2D eigenvalue weighted by Gasteiger charge is 2.13. The molecule has 0 aromatic rings. The van der Waals surface area contributed by atoms with E-state index in [1.807, 2.05) is 0 Å². The summed E-state index contributed by atoms with van der Waals surface area (Å²) in [5, 5.41) is 0. The Hall–Kier alpha value is 0.240. The molecule has 0 aliphatic carbocycles. The zero-order chi connectivity index (χ0) is 6.78. The summed E-state index contributed by atoms with van der Waals surface area (Å²) in [6.07, 6.45) is 0. The van der Waals surface area contributed by atoms with Crippen LogP contribution in [0.25, 0.3) is 0 Å². The number of hydrogen-bond donors (Lipinski definition) is 0. The summed E-state index contributed by atoms with van der Waals surface area (Å²) in [7, 11) is -2.97. The van der Waals surface area contributed by atoms with Crippen LogP contribution in [0, 0.1) is 0 Å². The van der Waals surface area contributed by atoms with E-state index in [1.54, 1.807) is 6.92 Å². The normalized spacial score (nSPS) is 15.9. The molecule has 0 saturated carbocycles. The van der Waals surface area contributed by atoms with E-state index < -0.39 is 14.5 Å². The van der Waals surface area contributed by atoms with Crippen LogP contribution in [0.15, 0.2) is 0 Å². The molecule has 0 saturated heterocycles. The van der Waals surface area contributed by atoms with Gasteiger partial charge in [-0.2, -0.15) is 0 Å². The second-order valence-corrected chi connectivity index (χ2v) is 5.02. The summed E-state index contributed by atoms with van der Waals surface area (Å²) < 4.78 is 20.4. The van der Waals surface area contributed by atoms with Crippen molar-refractivity contribution in [2.24, 2.45) is 0 Å². The van der Waals surface area contributed by atoms with Gasteiger partial charge in [0.05, 0.1) is 0 Å². The number of alkyl halides is 1. The fourth-order valence-corrected chi connectivity index (χ4v) is 1.07. The van der Waals surface area contributed by atoms with Gasteiger partial charge in [0, 0.05) is 5.75 Å². The lowest BCUT2D eigenvalue weighted by atomic mass is 10.9. The predicted octanol–water partition coefficient (Wildman–Crippen LogP) is 1.01. The molecular formula is C4H9ClO2S. The number of halogens is 1. The van der Waals surface area contributed by atoms with Crippen molar-refractivity contribution >= 4 is 21.4 Å². The maximum absolute atomic E-state index is 10.6. The lowest BCUT2D eigenvalue weighted by Gasteiger charge is -1.99. The van der Waals surface area contributed by atoms with Gasteiger partial charge in [0.1, 0.15) is 4.71 Å². The summed E-state index contributed by atoms with van der Waals surface area (Å²) in [6.45, 7) is 3.04. The molecule has 0 radical (unpaired) electrons. The molecule has 0 bridgehead atoms. The Kier molecular flexibility index (Phi) is 2.77. The summed E-state index contributed by atoms with van der Waals surface area (Å²) in [6, 6.07) is 0. The molecule has 2 nitrogen and oxygen atoms in total. The van der Waals surface area contributed by atoms with Gasteiger partial charge in [-0.15, -0.1) is 11.6 Å². The summed E-state index contributed by atoms with van der Waals surface area (Å²) in [5.74, 6) is 0.123. The molecule has 1 unspecified atom stereocenters. The average Bonchev–Trinajstić information content (AvgIpc) is 1.67. The van der Waals surface area contributed by atoms with Crippen molar-refractivity contribution in [1.29, 1.82) is 0 Å². The molecule has 0 N–H and O–H groups in total. The highest BCUT2D eigenvalue weighted by molar-refractivity contribution is 7.93. The zero-order valence-electron chi connectivity index (χ0n) is 4.89. The quantitative estimate of drug-likeness (QED) is 0.560. The van der Waals surface area contributed by atoms with Gasteiger partial charge in [-0.05, 0) is 6.92 Å². The van der Waals surface area contributed by atoms with Crippen LogP contribution in [0.5, 0.6) is 0 Å². The van der Waals surface area contributed by atoms with Gasteiger partial charge in [-0.1, -0.05) is 6.92 Å². The Morgan fingerprint density at radius 2 is 2.00 bits per heavy atom. The second-order valence-electron chi connectivity index (χ2n) is 1.49. The first-order chi connectivity index (χ1) is 3.50. The van der Waals surface area contributed by atoms with E-state index in [4.69, 9.17) is 11.6 Å². The van der Waals surface area contributed by atoms with Crippen molar-refractivity contribution in [3.8, 4) is 0 Å². The van der Waals surface area contributed by atoms with Crippen molar-refractivity contribution in [2.75, 3.05) is 5.75 Å². The van der Waals surface area contributed by atoms with Crippen molar-refractivity contribution in [1.82, 2.24) is 0 Å². The fraction of sp³-hybridized carbons (Fsp3) is 1.00. The molecule has 0 amide bonds. The van der Waals surface area contributed by atoms with Crippen LogP contribution < -0.4 is 0 Å². The number of sulfone groups is 1. The number of hydrogen-bond acceptors (Lipinski definition) is 2. The van der Waals surface area contributed by atoms with Gasteiger partial charge >= 0.3 is 0 Å². The van der Waals surface area contributed by atoms with Gasteiger partial charge in [0.2, 0.25) is 0 Å². The van der Waals surface area contributed by atoms with E-state index in [0.717, 1.165) is 0 Å². The van der Waals surface area contributed by atoms with E-state index >= 15 is 0 Å². The smallest absolute Gasteiger partial charge is 0.166 e. The van der Waals surface area contributed by atoms with Crippen LogP contribution in [0.2, 0.25) is 0 Å². The largest absolute Gasteiger partial charge is 0.227 e. The van der Waals surface area contributed by atoms with E-state index in [2.05, 4.69) is 0 Å². The predicted molar refractivity (Wildman–Crippen MR) is 34.8 cm³/mol. The minimum Gasteiger partial charge on any atom is -0.227 e. The van der Waals surface area contributed by atoms with Gasteiger partial charge in [0.25, 0.3) is 0 Å². The van der Waals surface area contributed by atoms with Crippen LogP contribution in [0.1, 0.15) is 13.8 Å². The highest BCUT2D eigenvalue weighted by Crippen LogP contribution is 2.04. The third kappa shape index (κ3) is 2.01. The second kappa shape index (κ2) is 2.69. The van der Waals surface area contributed by atoms with E-state index in [-0.39, 0.29) is 5.75 Å². The molecular weight excluding hydrogens is 148 g/mol. The lowest BCUT2D eigenvalue weighted by Crippen LogP contribution is -2.12. The standard InChI is InChI=1S/C4H9ClO2S/c1-3-8(6,7)4(2)5/h4H,3H2,1-2H3. The highest BCUT2D eigenvalue weighted by atomic mass is 35.5. The Morgan fingerprint density at radius 1 is 1.62 bits per heavy atom. The van der Waals surface area contributed by atoms with Crippen LogP contribution in [-0.4, -0.2) is 18.9 Å². The van der Waals surface area contributed by atoms with Crippen molar-refractivity contribution in [3.63, 3.8) is 0 Å². The molecule has 0 aromatic heterocycles. The Labute approximate surface area is 54.8 Å². The van der Waals surface area contributed by atoms with E-state index in [9.17, 15) is 8.42 Å². The molecule has 0 rings (SSSR count). The van der Waals surface area contributed by atoms with Gasteiger partial charge < -0.3 is 0 Å². The van der Waals surface area contributed by atoms with Crippen molar-refractivity contribution in [2.45, 2.75) is 18.6 Å². The molecule has 0 aliphatic rings. The minimum atomic E-state index is -2.97. The number of rotatable bonds is 2. The van der Waals surface area contributed by atoms with Crippen LogP contribution in [0.3, 0.4) is 0 Å². The maximum Gasteiger partial charge on any atom is 0.166 e. The summed E-state index contributed by atoms with van der Waals surface area (Å²) >= 11 is 5.28. The first kappa shape index (κ1) is 8.24. The van der Waals surface area contributed by atoms with Crippen LogP contribution in [0.4, 0.5) is 0 Å². The summed E-state index contributed by atoms with van der Waals surface area (Å²) in [4.78, 5) is 0. The average molecular weight is 157 g/mol. The first-order valence-electron chi connectivity index (χ1n) is 2.36. The SMILES string of the molecule is CCS(=O)(=O)C(C)Cl. The third-order valence-electron chi connectivity index (χ3n) is 0.897. The Bertz CT molecular complexity index is 147. The molecule has 0 fully saturated rings. The molecule has 0 aliphatic heterocycles. The molecule has 0 spiro atoms. The van der Waals surface area contributed by atoms with E-state index in [1.165, 1.54) is 6.92 Å². The molecule has 50 valence electrons. The van der Waals surface area contributed by atoms with E-state index in [0.29, 0.717) is 0 Å². The maximum atomic E-state index is 10.6. The van der Waals surface area contributed by atoms with Crippen LogP contribution in [-0.2, 0) is 9.84 Å². The molecule has 0 aromatic carbocycles. The van der Waals surface area contributed by atoms with Crippen molar-refractivity contribution < 1.29 is 8.42 Å². The summed E-state index contributed by atoms with van der Waals surface area (Å²) in [5.41, 5.74) is 0. The lowest BCUT2D eigenvalue weighted by molar-refractivity contribution is 0.595. The fourth-order valence-electron chi connectivity index (χ4n) is 0.230. The van der Waals surface area contributed by atoms with Gasteiger partial charge in [-0.3, -0.25) is 0 Å². The topological polar surface area (TPSA) is 34.1 Å². The van der Waals surface area contributed by atoms with Gasteiger partial charge in [0.15, 0.2) is 9.84 Å². The minimum absolute atomic E-state index is 0.123. The molecule has 4 heteroatoms. The third-order valence-corrected chi connectivity index (χ3v) is 3.51. The zero-order valence-corrected chi connectivity index (χ0v) is 6.46. The van der Waals surface area contributed by atoms with Crippen LogP contribution >= 0.6 is 11.6 Å². The Morgan fingerprint density at radius 3 is 2.00 bits per heavy atom. The Balaban J connectivity index is 4.17.